The van der Waals surface area contributed by atoms with Gasteiger partial charge in [0.15, 0.2) is 0 Å². The zero-order chi connectivity index (χ0) is 10.3. The van der Waals surface area contributed by atoms with Gasteiger partial charge in [0.05, 0.1) is 12.6 Å². The number of esters is 1. The van der Waals surface area contributed by atoms with Crippen LogP contribution in [0, 0.1) is 0 Å². The van der Waals surface area contributed by atoms with Crippen LogP contribution in [0.4, 0.5) is 0 Å². The van der Waals surface area contributed by atoms with Crippen molar-refractivity contribution in [1.82, 2.24) is 4.98 Å². The van der Waals surface area contributed by atoms with E-state index in [2.05, 4.69) is 4.98 Å². The lowest BCUT2D eigenvalue weighted by atomic mass is 9.94. The van der Waals surface area contributed by atoms with E-state index in [0.717, 1.165) is 0 Å². The van der Waals surface area contributed by atoms with Gasteiger partial charge in [0.25, 0.3) is 0 Å². The molecule has 0 fully saturated rings. The Labute approximate surface area is 78.1 Å². The first kappa shape index (κ1) is 7.06. The Hall–Kier alpha value is -1.38. The second kappa shape index (κ2) is 2.83. The van der Waals surface area contributed by atoms with Crippen molar-refractivity contribution >= 4 is 5.97 Å². The molecule has 68 valence electrons. The van der Waals surface area contributed by atoms with Crippen LogP contribution >= 0.6 is 0 Å². The standard InChI is InChI=1S/C10H11NO2/c1-6-7(2)13-10(12)8-4-3-5-11-9(6)8/h3-7H,1-2H3/t6-,7+/m1/s1/i5D. The fraction of sp³-hybridized carbons (Fsp3) is 0.400. The van der Waals surface area contributed by atoms with E-state index in [1.165, 1.54) is 6.07 Å². The molecule has 1 aromatic heterocycles. The first-order valence-electron chi connectivity index (χ1n) is 4.78. The minimum Gasteiger partial charge on any atom is -0.458 e. The molecule has 0 saturated carbocycles. The summed E-state index contributed by atoms with van der Waals surface area (Å²) in [5.74, 6) is -0.272. The molecule has 0 spiro atoms. The number of nitrogens with zero attached hydrogens (tertiary/aromatic N) is 1. The number of ether oxygens (including phenoxy) is 1. The third-order valence-electron chi connectivity index (χ3n) is 2.43. The molecule has 0 radical (unpaired) electrons. The summed E-state index contributed by atoms with van der Waals surface area (Å²) in [6.07, 6.45) is 0.0294. The number of carbonyl (C=O) groups is 1. The Morgan fingerprint density at radius 3 is 3.15 bits per heavy atom. The van der Waals surface area contributed by atoms with E-state index in [1.54, 1.807) is 6.07 Å². The van der Waals surface area contributed by atoms with Crippen molar-refractivity contribution in [3.05, 3.63) is 29.6 Å². The van der Waals surface area contributed by atoms with Gasteiger partial charge in [0, 0.05) is 12.1 Å². The molecule has 0 amide bonds. The van der Waals surface area contributed by atoms with Gasteiger partial charge in [-0.3, -0.25) is 4.98 Å². The van der Waals surface area contributed by atoms with Gasteiger partial charge in [-0.15, -0.1) is 0 Å². The maximum atomic E-state index is 11.4. The lowest BCUT2D eigenvalue weighted by molar-refractivity contribution is 0.0235. The normalized spacial score (nSPS) is 27.5. The SMILES string of the molecule is [2H]c1ccc2c(n1)[C@H](C)[C@H](C)OC2=O. The Morgan fingerprint density at radius 2 is 2.38 bits per heavy atom. The molecule has 1 aliphatic heterocycles. The van der Waals surface area contributed by atoms with E-state index in [-0.39, 0.29) is 24.2 Å². The molecule has 1 aromatic rings. The third-order valence-corrected chi connectivity index (χ3v) is 2.43. The Morgan fingerprint density at radius 1 is 1.62 bits per heavy atom. The molecule has 3 nitrogen and oxygen atoms in total. The van der Waals surface area contributed by atoms with Crippen LogP contribution in [0.2, 0.25) is 0 Å². The molecule has 0 saturated heterocycles. The number of fused-ring (bicyclic) bond motifs is 1. The third kappa shape index (κ3) is 1.20. The highest BCUT2D eigenvalue weighted by molar-refractivity contribution is 5.91. The van der Waals surface area contributed by atoms with Crippen molar-refractivity contribution in [2.45, 2.75) is 25.9 Å². The van der Waals surface area contributed by atoms with Gasteiger partial charge in [0.2, 0.25) is 0 Å². The van der Waals surface area contributed by atoms with E-state index in [1.807, 2.05) is 13.8 Å². The minimum atomic E-state index is -0.335. The summed E-state index contributed by atoms with van der Waals surface area (Å²) in [6, 6.07) is 3.11. The molecule has 3 heteroatoms. The average molecular weight is 178 g/mol. The number of pyridine rings is 1. The average Bonchev–Trinajstić information content (AvgIpc) is 2.14. The molecule has 0 unspecified atom stereocenters. The number of rotatable bonds is 0. The first-order valence-corrected chi connectivity index (χ1v) is 4.28. The summed E-state index contributed by atoms with van der Waals surface area (Å²) in [5, 5.41) is 0. The maximum Gasteiger partial charge on any atom is 0.340 e. The van der Waals surface area contributed by atoms with Gasteiger partial charge < -0.3 is 4.74 Å². The van der Waals surface area contributed by atoms with E-state index in [4.69, 9.17) is 6.11 Å². The highest BCUT2D eigenvalue weighted by Crippen LogP contribution is 2.28. The van der Waals surface area contributed by atoms with Crippen molar-refractivity contribution in [1.29, 1.82) is 0 Å². The zero-order valence-corrected chi connectivity index (χ0v) is 7.57. The van der Waals surface area contributed by atoms with Crippen molar-refractivity contribution in [2.75, 3.05) is 0 Å². The summed E-state index contributed by atoms with van der Waals surface area (Å²) in [4.78, 5) is 15.5. The first-order chi connectivity index (χ1) is 6.59. The Bertz CT molecular complexity index is 392. The Kier molecular flexibility index (Phi) is 1.54. The van der Waals surface area contributed by atoms with Gasteiger partial charge in [-0.1, -0.05) is 6.92 Å². The zero-order valence-electron chi connectivity index (χ0n) is 8.57. The molecule has 2 heterocycles. The summed E-state index contributed by atoms with van der Waals surface area (Å²) in [7, 11) is 0. The van der Waals surface area contributed by atoms with E-state index >= 15 is 0 Å². The molecule has 0 aromatic carbocycles. The van der Waals surface area contributed by atoms with E-state index in [0.29, 0.717) is 11.3 Å². The molecule has 13 heavy (non-hydrogen) atoms. The number of aromatic nitrogens is 1. The number of carbonyl (C=O) groups excluding carboxylic acids is 1. The van der Waals surface area contributed by atoms with Crippen LogP contribution in [0.15, 0.2) is 18.3 Å². The topological polar surface area (TPSA) is 39.2 Å². The van der Waals surface area contributed by atoms with E-state index < -0.39 is 0 Å². The van der Waals surface area contributed by atoms with Gasteiger partial charge in [-0.2, -0.15) is 0 Å². The van der Waals surface area contributed by atoms with Crippen LogP contribution < -0.4 is 0 Å². The van der Waals surface area contributed by atoms with Crippen LogP contribution in [-0.2, 0) is 4.74 Å². The molecule has 0 N–H and O–H groups in total. The summed E-state index contributed by atoms with van der Waals surface area (Å²) in [5.41, 5.74) is 1.17. The fourth-order valence-electron chi connectivity index (χ4n) is 1.45. The Balaban J connectivity index is 2.56. The van der Waals surface area contributed by atoms with Crippen LogP contribution in [0.5, 0.6) is 0 Å². The maximum absolute atomic E-state index is 11.4. The predicted octanol–water partition coefficient (Wildman–Crippen LogP) is 1.74. The van der Waals surface area contributed by atoms with Crippen LogP contribution in [0.3, 0.4) is 0 Å². The van der Waals surface area contributed by atoms with Crippen LogP contribution in [0.1, 0.15) is 37.2 Å². The molecular formula is C10H11NO2. The molecule has 2 rings (SSSR count). The number of hydrogen-bond acceptors (Lipinski definition) is 3. The largest absolute Gasteiger partial charge is 0.458 e. The summed E-state index contributed by atoms with van der Waals surface area (Å²) >= 11 is 0. The van der Waals surface area contributed by atoms with Crippen molar-refractivity contribution in [3.63, 3.8) is 0 Å². The van der Waals surface area contributed by atoms with Crippen molar-refractivity contribution < 1.29 is 10.9 Å². The van der Waals surface area contributed by atoms with Gasteiger partial charge in [0.1, 0.15) is 6.10 Å². The van der Waals surface area contributed by atoms with Gasteiger partial charge >= 0.3 is 5.97 Å². The monoisotopic (exact) mass is 178 g/mol. The lowest BCUT2D eigenvalue weighted by Gasteiger charge is -2.26. The molecule has 0 aliphatic carbocycles. The smallest absolute Gasteiger partial charge is 0.340 e. The lowest BCUT2D eigenvalue weighted by Crippen LogP contribution is -2.29. The van der Waals surface area contributed by atoms with Crippen LogP contribution in [-0.4, -0.2) is 17.1 Å². The van der Waals surface area contributed by atoms with Crippen LogP contribution in [0.25, 0.3) is 0 Å². The predicted molar refractivity (Wildman–Crippen MR) is 47.5 cm³/mol. The minimum absolute atomic E-state index is 0.0630. The highest BCUT2D eigenvalue weighted by atomic mass is 16.5. The number of hydrogen-bond donors (Lipinski definition) is 0. The van der Waals surface area contributed by atoms with E-state index in [9.17, 15) is 4.79 Å². The number of cyclic esters (lactones) is 1. The van der Waals surface area contributed by atoms with Gasteiger partial charge in [-0.25, -0.2) is 4.79 Å². The van der Waals surface area contributed by atoms with Crippen molar-refractivity contribution in [3.8, 4) is 0 Å². The second-order valence-corrected chi connectivity index (χ2v) is 3.27. The molecular weight excluding hydrogens is 166 g/mol. The molecule has 2 atom stereocenters. The van der Waals surface area contributed by atoms with Gasteiger partial charge in [-0.05, 0) is 19.1 Å². The van der Waals surface area contributed by atoms with Crippen molar-refractivity contribution in [2.24, 2.45) is 0 Å². The fourth-order valence-corrected chi connectivity index (χ4v) is 1.45. The summed E-state index contributed by atoms with van der Waals surface area (Å²) < 4.78 is 12.5. The second-order valence-electron chi connectivity index (χ2n) is 3.27. The quantitative estimate of drug-likeness (QED) is 0.568. The summed E-state index contributed by atoms with van der Waals surface area (Å²) in [6.45, 7) is 3.78. The molecule has 0 bridgehead atoms. The molecule has 1 aliphatic rings. The highest BCUT2D eigenvalue weighted by Gasteiger charge is 2.30.